The van der Waals surface area contributed by atoms with Gasteiger partial charge in [-0.05, 0) is 22.0 Å². The fourth-order valence-electron chi connectivity index (χ4n) is 6.54. The maximum absolute atomic E-state index is 11.9. The van der Waals surface area contributed by atoms with Crippen molar-refractivity contribution in [3.8, 4) is 0 Å². The molecule has 3 aromatic heterocycles. The second kappa shape index (κ2) is 29.7. The van der Waals surface area contributed by atoms with E-state index in [9.17, 15) is 106 Å². The Morgan fingerprint density at radius 2 is 0.886 bits per heavy atom. The Kier molecular flexibility index (Phi) is 26.3. The highest BCUT2D eigenvalue weighted by Crippen LogP contribution is 2.68. The van der Waals surface area contributed by atoms with Gasteiger partial charge in [0.25, 0.3) is 0 Å². The number of aromatic amines is 2. The summed E-state index contributed by atoms with van der Waals surface area (Å²) >= 11 is 3.01. The molecule has 6 rings (SSSR count). The van der Waals surface area contributed by atoms with Crippen LogP contribution in [0, 0.1) is 0 Å². The van der Waals surface area contributed by atoms with Crippen LogP contribution in [-0.2, 0) is 94.7 Å². The van der Waals surface area contributed by atoms with Crippen LogP contribution in [-0.4, -0.2) is 193 Å². The maximum Gasteiger partial charge on any atom is 0.490 e. The van der Waals surface area contributed by atoms with Gasteiger partial charge in [0.15, 0.2) is 18.8 Å². The molecule has 3 saturated heterocycles. The van der Waals surface area contributed by atoms with Gasteiger partial charge >= 0.3 is 93.2 Å². The lowest BCUT2D eigenvalue weighted by atomic mass is 10.1. The van der Waals surface area contributed by atoms with Crippen molar-refractivity contribution in [2.24, 2.45) is 0 Å². The minimum atomic E-state index is -5.73. The number of ether oxygens (including phenoxy) is 3. The number of H-pyrrole nitrogens is 2. The van der Waals surface area contributed by atoms with Gasteiger partial charge in [-0.2, -0.15) is 45.4 Å². The van der Waals surface area contributed by atoms with Gasteiger partial charge in [-0.3, -0.25) is 22.7 Å². The van der Waals surface area contributed by atoms with Crippen LogP contribution in [0.2, 0.25) is 0 Å². The molecule has 0 aliphatic carbocycles. The topological polar surface area (TPSA) is 820 Å². The molecule has 3 aliphatic rings. The smallest absolute Gasteiger partial charge is 0.387 e. The van der Waals surface area contributed by atoms with E-state index in [0.717, 1.165) is 27.9 Å². The highest BCUT2D eigenvalue weighted by atomic mass is 79.9. The summed E-state index contributed by atoms with van der Waals surface area (Å²) in [4.78, 5) is 163. The zero-order chi connectivity index (χ0) is 67.5. The average molecular weight is 1530 g/mol. The third-order valence-corrected chi connectivity index (χ3v) is 21.9. The van der Waals surface area contributed by atoms with Gasteiger partial charge in [-0.1, -0.05) is 0 Å². The van der Waals surface area contributed by atoms with E-state index in [-0.39, 0.29) is 16.1 Å². The minimum absolute atomic E-state index is 0.122. The van der Waals surface area contributed by atoms with Crippen LogP contribution in [0.3, 0.4) is 0 Å². The van der Waals surface area contributed by atoms with Gasteiger partial charge in [-0.15, -0.1) is 0 Å². The van der Waals surface area contributed by atoms with E-state index in [2.05, 4.69) is 70.3 Å². The first-order valence-electron chi connectivity index (χ1n) is 21.7. The Morgan fingerprint density at radius 3 is 1.26 bits per heavy atom. The van der Waals surface area contributed by atoms with Gasteiger partial charge in [0, 0.05) is 12.4 Å². The van der Waals surface area contributed by atoms with Crippen molar-refractivity contribution in [2.45, 2.75) is 73.6 Å². The number of hydrogen-bond donors (Lipinski definition) is 22. The van der Waals surface area contributed by atoms with Crippen LogP contribution in [0.5, 0.6) is 0 Å². The molecule has 0 spiro atoms. The fourth-order valence-corrected chi connectivity index (χ4v) is 15.9. The van der Waals surface area contributed by atoms with Crippen molar-refractivity contribution in [1.29, 1.82) is 0 Å². The zero-order valence-electron chi connectivity index (χ0n) is 41.9. The fraction of sp³-hybridized carbons (Fsp3) is 0.577. The second-order valence-corrected chi connectivity index (χ2v) is 30.6. The predicted octanol–water partition coefficient (Wildman–Crippen LogP) is -7.35. The highest BCUT2D eigenvalue weighted by Gasteiger charge is 2.51. The first-order chi connectivity index (χ1) is 39.7. The number of aliphatic hydroxyl groups excluding tert-OH is 6. The SMILES string of the molecule is Nc1ccn([C@@H]2O[C@H](COP(=O)(O)OP(=O)(O)OP(=O)(O)O)C(O)[C@@H]2O)c(=O)n1.Nc1nc(=O)n([C@@H]2O[C@H](COP(=O)(O)OP(=O)(O)OP(=O)(O)O)C(O)[C@@H]2O)cc1Br.O=c1[nH]c[n+]([C@@H]2O[C@H](COP(=O)(O)OP(=O)(O)OP(=O)(O)O)C(O)[C@@H]2O)c(=O)[nH]1. The Labute approximate surface area is 490 Å². The van der Waals surface area contributed by atoms with E-state index in [1.165, 1.54) is 6.07 Å². The number of halogens is 1. The molecule has 3 aliphatic heterocycles. The van der Waals surface area contributed by atoms with Crippen molar-refractivity contribution < 1.29 is 189 Å². The number of phosphoric ester groups is 3. The molecular formula is C26H46BrN9O43P9+. The van der Waals surface area contributed by atoms with E-state index < -0.39 is 187 Å². The normalized spacial score (nSPS) is 29.1. The van der Waals surface area contributed by atoms with E-state index in [4.69, 9.17) is 69.7 Å². The molecule has 3 fully saturated rings. The first kappa shape index (κ1) is 77.8. The Bertz CT molecular complexity index is 3690. The molecule has 88 heavy (non-hydrogen) atoms. The van der Waals surface area contributed by atoms with Crippen molar-refractivity contribution in [1.82, 2.24) is 29.1 Å². The molecule has 6 heterocycles. The predicted molar refractivity (Wildman–Crippen MR) is 269 cm³/mol. The molecule has 18 atom stereocenters. The monoisotopic (exact) mass is 1530 g/mol. The number of aromatic nitrogens is 7. The first-order valence-corrected chi connectivity index (χ1v) is 36.1. The summed E-state index contributed by atoms with van der Waals surface area (Å²) in [5, 5.41) is 60.0. The van der Waals surface area contributed by atoms with Crippen LogP contribution in [0.4, 0.5) is 11.6 Å². The van der Waals surface area contributed by atoms with Gasteiger partial charge < -0.3 is 115 Å². The number of anilines is 2. The number of aliphatic hydroxyl groups is 6. The van der Waals surface area contributed by atoms with Crippen molar-refractivity contribution in [3.63, 3.8) is 0 Å². The van der Waals surface area contributed by atoms with E-state index >= 15 is 0 Å². The molecule has 62 heteroatoms. The number of nitrogen functional groups attached to an aromatic ring is 2. The molecular weight excluding hydrogens is 1480 g/mol. The lowest BCUT2D eigenvalue weighted by Crippen LogP contribution is -2.60. The molecule has 0 aromatic carbocycles. The summed E-state index contributed by atoms with van der Waals surface area (Å²) in [6.07, 6.45) is -16.8. The maximum atomic E-state index is 11.9. The lowest BCUT2D eigenvalue weighted by Gasteiger charge is -2.19. The van der Waals surface area contributed by atoms with Crippen molar-refractivity contribution in [2.75, 3.05) is 31.3 Å². The van der Waals surface area contributed by atoms with Crippen LogP contribution >= 0.6 is 86.3 Å². The standard InChI is InChI=1S/C9H15BrN3O14P3.C9H16N3O14P3.C8H14N3O15P3/c10-3-1-13(9(16)12-7(3)11)8-6(15)5(14)4(25-8)2-24-29(20,21)27-30(22,23)26-28(17,18)19;10-5-1-2-12(9(15)11-5)8-7(14)6(13)4(24-8)3-23-28(19,20)26-29(21,22)25-27(16,17)18;12-4-3(1-23-28(19,20)26-29(21,22)25-27(16,17)18)24-6(5(4)13)11-2-9-7(14)10-8(11)15/h1,4-6,8,14-15H,2H2,(H,20,21)(H,22,23)(H2,11,12,16)(H2,17,18,19);1-2,4,6-8,13-14H,3H2,(H,19,20)(H,21,22)(H2,10,11,15)(H2,16,17,18);2-6,12-13H,1H2,(H5,10,14,15,16,17,18,19,20,21,22)/p+1/t4-,5?,6+,8-;4-,6?,7+,8-;3-,4?,5+,6-/m111/s1. The van der Waals surface area contributed by atoms with Gasteiger partial charge in [-0.25, -0.2) is 65.2 Å². The molecule has 0 radical (unpaired) electrons. The highest BCUT2D eigenvalue weighted by molar-refractivity contribution is 9.10. The number of nitrogens with zero attached hydrogens (tertiary/aromatic N) is 5. The summed E-state index contributed by atoms with van der Waals surface area (Å²) in [6.45, 7) is -3.10. The minimum Gasteiger partial charge on any atom is -0.387 e. The molecule has 9 unspecified atom stereocenters. The van der Waals surface area contributed by atoms with E-state index in [1.54, 1.807) is 0 Å². The summed E-state index contributed by atoms with van der Waals surface area (Å²) in [5.74, 6) is -0.281. The van der Waals surface area contributed by atoms with E-state index in [0.29, 0.717) is 4.57 Å². The van der Waals surface area contributed by atoms with Gasteiger partial charge in [0.1, 0.15) is 66.6 Å². The molecule has 0 saturated carbocycles. The number of rotatable bonds is 24. The summed E-state index contributed by atoms with van der Waals surface area (Å²) < 4.78 is 152. The number of nitrogens with two attached hydrogens (primary N) is 2. The molecule has 24 N–H and O–H groups in total. The summed E-state index contributed by atoms with van der Waals surface area (Å²) in [6, 6.07) is 1.20. The molecule has 3 aromatic rings. The number of nitrogens with one attached hydrogen (secondary N) is 2. The molecule has 0 bridgehead atoms. The summed E-state index contributed by atoms with van der Waals surface area (Å²) in [7, 11) is -50.3. The Hall–Kier alpha value is -2.68. The number of phosphoric acid groups is 9. The van der Waals surface area contributed by atoms with Gasteiger partial charge in [0.05, 0.1) is 24.3 Å². The van der Waals surface area contributed by atoms with Gasteiger partial charge in [0.2, 0.25) is 6.23 Å². The third-order valence-electron chi connectivity index (χ3n) is 9.86. The van der Waals surface area contributed by atoms with Crippen molar-refractivity contribution in [3.05, 3.63) is 71.2 Å². The quantitative estimate of drug-likeness (QED) is 0.0293. The zero-order valence-corrected chi connectivity index (χ0v) is 51.5. The second-order valence-electron chi connectivity index (χ2n) is 16.4. The Balaban J connectivity index is 0.000000282. The number of hydrogen-bond acceptors (Lipinski definition) is 35. The average Bonchev–Trinajstić information content (AvgIpc) is 2.47. The molecule has 52 nitrogen and oxygen atoms in total. The van der Waals surface area contributed by atoms with E-state index in [1.807, 2.05) is 4.98 Å². The van der Waals surface area contributed by atoms with Crippen LogP contribution in [0.15, 0.2) is 48.4 Å². The summed E-state index contributed by atoms with van der Waals surface area (Å²) in [5.41, 5.74) is 6.98. The Morgan fingerprint density at radius 1 is 0.523 bits per heavy atom. The lowest BCUT2D eigenvalue weighted by molar-refractivity contribution is -0.782. The molecule has 0 amide bonds. The largest absolute Gasteiger partial charge is 0.490 e. The molecule has 504 valence electrons. The van der Waals surface area contributed by atoms with Crippen LogP contribution in [0.1, 0.15) is 18.7 Å². The van der Waals surface area contributed by atoms with Crippen LogP contribution in [0.25, 0.3) is 0 Å². The van der Waals surface area contributed by atoms with Crippen molar-refractivity contribution >= 4 is 98.0 Å². The third kappa shape index (κ3) is 24.0. The van der Waals surface area contributed by atoms with Crippen LogP contribution < -0.4 is 38.8 Å².